The third kappa shape index (κ3) is 2.40. The fourth-order valence-electron chi connectivity index (χ4n) is 3.00. The molecular formula is C15H21N3OS. The summed E-state index contributed by atoms with van der Waals surface area (Å²) < 4.78 is 5.47. The SMILES string of the molecule is CCc1c(C)sc2ncnc(N(C)CC3CCOC3)c12. The second-order valence-electron chi connectivity index (χ2n) is 5.48. The van der Waals surface area contributed by atoms with Gasteiger partial charge in [0.1, 0.15) is 17.0 Å². The molecule has 3 heterocycles. The Hall–Kier alpha value is -1.20. The molecular weight excluding hydrogens is 270 g/mol. The van der Waals surface area contributed by atoms with Crippen molar-refractivity contribution in [2.45, 2.75) is 26.7 Å². The molecule has 0 spiro atoms. The van der Waals surface area contributed by atoms with Crippen LogP contribution in [0.15, 0.2) is 6.33 Å². The Balaban J connectivity index is 1.97. The van der Waals surface area contributed by atoms with Crippen LogP contribution < -0.4 is 4.90 Å². The van der Waals surface area contributed by atoms with Gasteiger partial charge in [0, 0.05) is 31.0 Å². The van der Waals surface area contributed by atoms with Crippen molar-refractivity contribution in [2.24, 2.45) is 5.92 Å². The van der Waals surface area contributed by atoms with E-state index in [1.54, 1.807) is 17.7 Å². The van der Waals surface area contributed by atoms with Crippen LogP contribution in [-0.2, 0) is 11.2 Å². The van der Waals surface area contributed by atoms with Gasteiger partial charge in [-0.25, -0.2) is 9.97 Å². The topological polar surface area (TPSA) is 38.2 Å². The number of hydrogen-bond acceptors (Lipinski definition) is 5. The lowest BCUT2D eigenvalue weighted by Gasteiger charge is -2.22. The summed E-state index contributed by atoms with van der Waals surface area (Å²) in [6, 6.07) is 0. The van der Waals surface area contributed by atoms with E-state index in [4.69, 9.17) is 4.74 Å². The van der Waals surface area contributed by atoms with Gasteiger partial charge in [-0.05, 0) is 25.3 Å². The highest BCUT2D eigenvalue weighted by Gasteiger charge is 2.21. The van der Waals surface area contributed by atoms with Crippen molar-refractivity contribution in [3.8, 4) is 0 Å². The van der Waals surface area contributed by atoms with E-state index in [0.717, 1.165) is 43.2 Å². The Morgan fingerprint density at radius 3 is 3.00 bits per heavy atom. The number of thiophene rings is 1. The number of ether oxygens (including phenoxy) is 1. The minimum absolute atomic E-state index is 0.620. The van der Waals surface area contributed by atoms with Crippen molar-refractivity contribution in [2.75, 3.05) is 31.7 Å². The number of fused-ring (bicyclic) bond motifs is 1. The third-order valence-corrected chi connectivity index (χ3v) is 5.10. The van der Waals surface area contributed by atoms with E-state index in [9.17, 15) is 0 Å². The van der Waals surface area contributed by atoms with Crippen LogP contribution in [0.2, 0.25) is 0 Å². The Kier molecular flexibility index (Phi) is 3.89. The van der Waals surface area contributed by atoms with Crippen LogP contribution in [0.1, 0.15) is 23.8 Å². The van der Waals surface area contributed by atoms with Gasteiger partial charge in [0.25, 0.3) is 0 Å². The molecule has 1 fully saturated rings. The van der Waals surface area contributed by atoms with Gasteiger partial charge >= 0.3 is 0 Å². The molecule has 0 radical (unpaired) electrons. The Morgan fingerprint density at radius 2 is 2.30 bits per heavy atom. The molecule has 1 aliphatic heterocycles. The van der Waals surface area contributed by atoms with Crippen LogP contribution in [0, 0.1) is 12.8 Å². The summed E-state index contributed by atoms with van der Waals surface area (Å²) in [6.45, 7) is 7.16. The highest BCUT2D eigenvalue weighted by Crippen LogP contribution is 2.35. The van der Waals surface area contributed by atoms with Crippen LogP contribution in [0.4, 0.5) is 5.82 Å². The summed E-state index contributed by atoms with van der Waals surface area (Å²) in [4.78, 5) is 13.7. The molecule has 2 aromatic rings. The van der Waals surface area contributed by atoms with Gasteiger partial charge in [-0.2, -0.15) is 0 Å². The molecule has 0 saturated carbocycles. The second-order valence-corrected chi connectivity index (χ2v) is 6.68. The highest BCUT2D eigenvalue weighted by molar-refractivity contribution is 7.18. The number of anilines is 1. The summed E-state index contributed by atoms with van der Waals surface area (Å²) >= 11 is 1.78. The Morgan fingerprint density at radius 1 is 1.45 bits per heavy atom. The fraction of sp³-hybridized carbons (Fsp3) is 0.600. The average molecular weight is 291 g/mol. The molecule has 0 aromatic carbocycles. The first-order chi connectivity index (χ1) is 9.70. The molecule has 0 amide bonds. The maximum atomic E-state index is 5.47. The lowest BCUT2D eigenvalue weighted by atomic mass is 10.1. The van der Waals surface area contributed by atoms with Gasteiger partial charge < -0.3 is 9.64 Å². The van der Waals surface area contributed by atoms with Gasteiger partial charge in [0.2, 0.25) is 0 Å². The molecule has 20 heavy (non-hydrogen) atoms. The van der Waals surface area contributed by atoms with Crippen molar-refractivity contribution in [3.05, 3.63) is 16.8 Å². The summed E-state index contributed by atoms with van der Waals surface area (Å²) in [6.07, 6.45) is 3.88. The van der Waals surface area contributed by atoms with E-state index in [1.807, 2.05) is 0 Å². The molecule has 1 unspecified atom stereocenters. The molecule has 1 saturated heterocycles. The molecule has 2 aromatic heterocycles. The predicted octanol–water partition coefficient (Wildman–Crippen LogP) is 3.03. The average Bonchev–Trinajstić information content (AvgIpc) is 3.04. The van der Waals surface area contributed by atoms with Crippen LogP contribution in [0.5, 0.6) is 0 Å². The van der Waals surface area contributed by atoms with Crippen LogP contribution in [0.25, 0.3) is 10.2 Å². The van der Waals surface area contributed by atoms with E-state index in [-0.39, 0.29) is 0 Å². The summed E-state index contributed by atoms with van der Waals surface area (Å²) in [7, 11) is 2.13. The molecule has 1 aliphatic rings. The zero-order chi connectivity index (χ0) is 14.1. The zero-order valence-corrected chi connectivity index (χ0v) is 13.2. The van der Waals surface area contributed by atoms with Crippen molar-refractivity contribution in [1.29, 1.82) is 0 Å². The number of hydrogen-bond donors (Lipinski definition) is 0. The first-order valence-corrected chi connectivity index (χ1v) is 8.04. The minimum atomic E-state index is 0.620. The summed E-state index contributed by atoms with van der Waals surface area (Å²) in [5, 5.41) is 1.25. The molecule has 4 nitrogen and oxygen atoms in total. The van der Waals surface area contributed by atoms with Crippen molar-refractivity contribution in [1.82, 2.24) is 9.97 Å². The maximum Gasteiger partial charge on any atom is 0.140 e. The Bertz CT molecular complexity index is 604. The number of nitrogens with zero attached hydrogens (tertiary/aromatic N) is 3. The van der Waals surface area contributed by atoms with E-state index < -0.39 is 0 Å². The van der Waals surface area contributed by atoms with Crippen LogP contribution >= 0.6 is 11.3 Å². The first kappa shape index (κ1) is 13.8. The lowest BCUT2D eigenvalue weighted by molar-refractivity contribution is 0.186. The third-order valence-electron chi connectivity index (χ3n) is 4.04. The quantitative estimate of drug-likeness (QED) is 0.868. The molecule has 1 atom stereocenters. The molecule has 3 rings (SSSR count). The monoisotopic (exact) mass is 291 g/mol. The number of aryl methyl sites for hydroxylation is 2. The van der Waals surface area contributed by atoms with Crippen LogP contribution in [-0.4, -0.2) is 36.8 Å². The van der Waals surface area contributed by atoms with Gasteiger partial charge in [0.05, 0.1) is 12.0 Å². The molecule has 0 N–H and O–H groups in total. The molecule has 0 aliphatic carbocycles. The highest BCUT2D eigenvalue weighted by atomic mass is 32.1. The fourth-order valence-corrected chi connectivity index (χ4v) is 4.08. The predicted molar refractivity (Wildman–Crippen MR) is 83.7 cm³/mol. The molecule has 108 valence electrons. The van der Waals surface area contributed by atoms with E-state index in [0.29, 0.717) is 5.92 Å². The van der Waals surface area contributed by atoms with Gasteiger partial charge in [-0.15, -0.1) is 11.3 Å². The van der Waals surface area contributed by atoms with E-state index in [1.165, 1.54) is 15.8 Å². The van der Waals surface area contributed by atoms with Gasteiger partial charge in [0.15, 0.2) is 0 Å². The molecule has 5 heteroatoms. The first-order valence-electron chi connectivity index (χ1n) is 7.22. The smallest absolute Gasteiger partial charge is 0.140 e. The normalized spacial score (nSPS) is 18.9. The number of rotatable bonds is 4. The standard InChI is InChI=1S/C15H21N3OS/c1-4-12-10(2)20-15-13(12)14(16-9-17-15)18(3)7-11-5-6-19-8-11/h9,11H,4-8H2,1-3H3. The van der Waals surface area contributed by atoms with Crippen molar-refractivity contribution in [3.63, 3.8) is 0 Å². The lowest BCUT2D eigenvalue weighted by Crippen LogP contribution is -2.26. The zero-order valence-electron chi connectivity index (χ0n) is 12.3. The minimum Gasteiger partial charge on any atom is -0.381 e. The number of aromatic nitrogens is 2. The van der Waals surface area contributed by atoms with Crippen LogP contribution in [0.3, 0.4) is 0 Å². The maximum absolute atomic E-state index is 5.47. The summed E-state index contributed by atoms with van der Waals surface area (Å²) in [5.41, 5.74) is 1.40. The largest absolute Gasteiger partial charge is 0.381 e. The van der Waals surface area contributed by atoms with E-state index >= 15 is 0 Å². The van der Waals surface area contributed by atoms with Crippen molar-refractivity contribution >= 4 is 27.4 Å². The van der Waals surface area contributed by atoms with E-state index in [2.05, 4.69) is 35.8 Å². The Labute approximate surface area is 123 Å². The van der Waals surface area contributed by atoms with Crippen molar-refractivity contribution < 1.29 is 4.74 Å². The summed E-state index contributed by atoms with van der Waals surface area (Å²) in [5.74, 6) is 1.69. The van der Waals surface area contributed by atoms with Gasteiger partial charge in [-0.1, -0.05) is 6.92 Å². The molecule has 0 bridgehead atoms. The van der Waals surface area contributed by atoms with Gasteiger partial charge in [-0.3, -0.25) is 0 Å². The second kappa shape index (κ2) is 5.66.